The second-order valence-corrected chi connectivity index (χ2v) is 3.38. The highest BCUT2D eigenvalue weighted by Crippen LogP contribution is 2.32. The van der Waals surface area contributed by atoms with Crippen LogP contribution in [0.25, 0.3) is 0 Å². The second-order valence-electron chi connectivity index (χ2n) is 3.38. The van der Waals surface area contributed by atoms with Crippen LogP contribution in [0.5, 0.6) is 0 Å². The minimum absolute atomic E-state index is 0.375. The molecule has 0 aromatic rings. The maximum atomic E-state index is 4.36. The molecule has 0 radical (unpaired) electrons. The van der Waals surface area contributed by atoms with E-state index in [1.807, 2.05) is 0 Å². The van der Waals surface area contributed by atoms with Gasteiger partial charge < -0.3 is 0 Å². The quantitative estimate of drug-likeness (QED) is 0.575. The summed E-state index contributed by atoms with van der Waals surface area (Å²) in [7, 11) is 0. The molecule has 0 aromatic heterocycles. The van der Waals surface area contributed by atoms with Gasteiger partial charge in [-0.1, -0.05) is 19.9 Å². The molecule has 11 heavy (non-hydrogen) atoms. The molecule has 0 amide bonds. The Morgan fingerprint density at radius 3 is 2.45 bits per heavy atom. The third-order valence-corrected chi connectivity index (χ3v) is 2.75. The lowest BCUT2D eigenvalue weighted by molar-refractivity contribution is 0.397. The molecule has 1 rings (SSSR count). The number of hydrogen-bond acceptors (Lipinski definition) is 1. The van der Waals surface area contributed by atoms with Crippen LogP contribution >= 0.6 is 0 Å². The summed E-state index contributed by atoms with van der Waals surface area (Å²) in [5.41, 5.74) is 1.54. The molecule has 0 aromatic carbocycles. The van der Waals surface area contributed by atoms with Gasteiger partial charge in [-0.2, -0.15) is 0 Å². The molecule has 0 N–H and O–H groups in total. The molecule has 1 nitrogen and oxygen atoms in total. The highest BCUT2D eigenvalue weighted by molar-refractivity contribution is 5.68. The molecule has 1 aliphatic heterocycles. The molecule has 0 spiro atoms. The fourth-order valence-electron chi connectivity index (χ4n) is 1.42. The fourth-order valence-corrected chi connectivity index (χ4v) is 1.42. The molecule has 0 fully saturated rings. The van der Waals surface area contributed by atoms with Crippen molar-refractivity contribution in [2.75, 3.05) is 0 Å². The van der Waals surface area contributed by atoms with Gasteiger partial charge in [-0.25, -0.2) is 0 Å². The van der Waals surface area contributed by atoms with Gasteiger partial charge >= 0.3 is 0 Å². The van der Waals surface area contributed by atoms with E-state index >= 15 is 0 Å². The summed E-state index contributed by atoms with van der Waals surface area (Å²) >= 11 is 0. The Bertz CT molecular complexity index is 185. The van der Waals surface area contributed by atoms with Crippen LogP contribution in [0.3, 0.4) is 0 Å². The van der Waals surface area contributed by atoms with Gasteiger partial charge in [0.1, 0.15) is 0 Å². The minimum Gasteiger partial charge on any atom is -0.266 e. The normalized spacial score (nSPS) is 21.5. The highest BCUT2D eigenvalue weighted by Gasteiger charge is 2.24. The topological polar surface area (TPSA) is 12.4 Å². The predicted molar refractivity (Wildman–Crippen MR) is 49.9 cm³/mol. The molecule has 0 bridgehead atoms. The van der Waals surface area contributed by atoms with E-state index in [0.717, 1.165) is 0 Å². The molecule has 0 saturated carbocycles. The molecule has 0 unspecified atom stereocenters. The predicted octanol–water partition coefficient (Wildman–Crippen LogP) is 3.17. The molecule has 0 saturated heterocycles. The van der Waals surface area contributed by atoms with E-state index in [2.05, 4.69) is 38.1 Å². The lowest BCUT2D eigenvalue weighted by Crippen LogP contribution is -2.21. The molecule has 62 valence electrons. The average Bonchev–Trinajstić information content (AvgIpc) is 2.07. The van der Waals surface area contributed by atoms with Gasteiger partial charge in [0.25, 0.3) is 0 Å². The van der Waals surface area contributed by atoms with Crippen molar-refractivity contribution in [1.82, 2.24) is 0 Å². The van der Waals surface area contributed by atoms with Gasteiger partial charge in [0.05, 0.1) is 0 Å². The summed E-state index contributed by atoms with van der Waals surface area (Å²) in [5.74, 6) is 0. The lowest BCUT2D eigenvalue weighted by atomic mass is 9.79. The molecule has 1 heterocycles. The average molecular weight is 151 g/mol. The monoisotopic (exact) mass is 151 g/mol. The Morgan fingerprint density at radius 2 is 2.09 bits per heavy atom. The van der Waals surface area contributed by atoms with E-state index < -0.39 is 0 Å². The summed E-state index contributed by atoms with van der Waals surface area (Å²) in [6.45, 7) is 6.54. The molecule has 0 atom stereocenters. The van der Waals surface area contributed by atoms with Crippen LogP contribution in [-0.2, 0) is 0 Å². The zero-order valence-corrected chi connectivity index (χ0v) is 7.72. The van der Waals surface area contributed by atoms with Crippen LogP contribution in [0.1, 0.15) is 40.0 Å². The zero-order chi connectivity index (χ0) is 8.32. The number of rotatable bonds is 2. The number of aliphatic imine (C=N–C) groups is 1. The van der Waals surface area contributed by atoms with Crippen LogP contribution in [0.2, 0.25) is 0 Å². The Kier molecular flexibility index (Phi) is 2.48. The van der Waals surface area contributed by atoms with Crippen LogP contribution in [0.4, 0.5) is 0 Å². The summed E-state index contributed by atoms with van der Waals surface area (Å²) in [4.78, 5) is 4.36. The van der Waals surface area contributed by atoms with Crippen molar-refractivity contribution in [3.8, 4) is 0 Å². The van der Waals surface area contributed by atoms with Crippen molar-refractivity contribution in [1.29, 1.82) is 0 Å². The smallest absolute Gasteiger partial charge is 0.0329 e. The lowest BCUT2D eigenvalue weighted by Gasteiger charge is -2.28. The van der Waals surface area contributed by atoms with E-state index in [1.165, 1.54) is 25.0 Å². The Balaban J connectivity index is 2.71. The van der Waals surface area contributed by atoms with Gasteiger partial charge in [0, 0.05) is 17.3 Å². The van der Waals surface area contributed by atoms with Crippen molar-refractivity contribution in [2.45, 2.75) is 40.0 Å². The van der Waals surface area contributed by atoms with Gasteiger partial charge in [-0.05, 0) is 26.2 Å². The maximum Gasteiger partial charge on any atom is 0.0329 e. The van der Waals surface area contributed by atoms with Crippen molar-refractivity contribution in [3.05, 3.63) is 11.8 Å². The number of allylic oxidation sites excluding steroid dienone is 2. The Labute approximate surface area is 69.2 Å². The Morgan fingerprint density at radius 1 is 1.45 bits per heavy atom. The SMILES string of the molecule is CCC1(CC)C=NC(C)=CC1. The van der Waals surface area contributed by atoms with Gasteiger partial charge in [-0.3, -0.25) is 4.99 Å². The van der Waals surface area contributed by atoms with Crippen LogP contribution in [0, 0.1) is 5.41 Å². The molecule has 0 aliphatic carbocycles. The Hall–Kier alpha value is -0.590. The summed E-state index contributed by atoms with van der Waals surface area (Å²) < 4.78 is 0. The standard InChI is InChI=1S/C10H17N/c1-4-10(5-2)7-6-9(3)11-8-10/h6,8H,4-5,7H2,1-3H3. The fraction of sp³-hybridized carbons (Fsp3) is 0.700. The third kappa shape index (κ3) is 1.70. The van der Waals surface area contributed by atoms with E-state index in [9.17, 15) is 0 Å². The van der Waals surface area contributed by atoms with E-state index in [4.69, 9.17) is 0 Å². The van der Waals surface area contributed by atoms with Crippen LogP contribution in [-0.4, -0.2) is 6.21 Å². The summed E-state index contributed by atoms with van der Waals surface area (Å²) in [5, 5.41) is 0. The van der Waals surface area contributed by atoms with E-state index in [0.29, 0.717) is 5.41 Å². The number of nitrogens with zero attached hydrogens (tertiary/aromatic N) is 1. The first-order chi connectivity index (χ1) is 5.22. The first-order valence-corrected chi connectivity index (χ1v) is 4.44. The summed E-state index contributed by atoms with van der Waals surface area (Å²) in [6, 6.07) is 0. The summed E-state index contributed by atoms with van der Waals surface area (Å²) in [6.07, 6.45) is 7.97. The third-order valence-electron chi connectivity index (χ3n) is 2.75. The van der Waals surface area contributed by atoms with Crippen LogP contribution < -0.4 is 0 Å². The molecule has 1 heteroatoms. The maximum absolute atomic E-state index is 4.36. The first kappa shape index (κ1) is 8.51. The van der Waals surface area contributed by atoms with Crippen molar-refractivity contribution in [3.63, 3.8) is 0 Å². The van der Waals surface area contributed by atoms with Gasteiger partial charge in [-0.15, -0.1) is 0 Å². The van der Waals surface area contributed by atoms with Crippen molar-refractivity contribution in [2.24, 2.45) is 10.4 Å². The molecule has 1 aliphatic rings. The van der Waals surface area contributed by atoms with Gasteiger partial charge in [0.15, 0.2) is 0 Å². The molecular weight excluding hydrogens is 134 g/mol. The van der Waals surface area contributed by atoms with Crippen LogP contribution in [0.15, 0.2) is 16.8 Å². The van der Waals surface area contributed by atoms with E-state index in [1.54, 1.807) is 0 Å². The van der Waals surface area contributed by atoms with Crippen molar-refractivity contribution >= 4 is 6.21 Å². The molecular formula is C10H17N. The first-order valence-electron chi connectivity index (χ1n) is 4.44. The number of hydrogen-bond donors (Lipinski definition) is 0. The van der Waals surface area contributed by atoms with Gasteiger partial charge in [0.2, 0.25) is 0 Å². The zero-order valence-electron chi connectivity index (χ0n) is 7.72. The van der Waals surface area contributed by atoms with E-state index in [-0.39, 0.29) is 0 Å². The van der Waals surface area contributed by atoms with Crippen molar-refractivity contribution < 1.29 is 0 Å². The minimum atomic E-state index is 0.375. The second kappa shape index (κ2) is 3.21. The largest absolute Gasteiger partial charge is 0.266 e. The highest BCUT2D eigenvalue weighted by atomic mass is 14.7.